The van der Waals surface area contributed by atoms with Crippen molar-refractivity contribution in [3.8, 4) is 0 Å². The Morgan fingerprint density at radius 3 is 2.50 bits per heavy atom. The Balaban J connectivity index is 1.63. The van der Waals surface area contributed by atoms with Gasteiger partial charge in [-0.1, -0.05) is 19.1 Å². The van der Waals surface area contributed by atoms with Crippen LogP contribution in [0.3, 0.4) is 0 Å². The molecule has 1 saturated heterocycles. The van der Waals surface area contributed by atoms with E-state index < -0.39 is 29.8 Å². The average Bonchev–Trinajstić information content (AvgIpc) is 3.32. The first-order valence-electron chi connectivity index (χ1n) is 12.7. The minimum Gasteiger partial charge on any atom is -0.384 e. The van der Waals surface area contributed by atoms with Gasteiger partial charge in [-0.05, 0) is 73.6 Å². The van der Waals surface area contributed by atoms with Crippen molar-refractivity contribution in [2.45, 2.75) is 52.6 Å². The van der Waals surface area contributed by atoms with Gasteiger partial charge in [-0.2, -0.15) is 0 Å². The van der Waals surface area contributed by atoms with Gasteiger partial charge < -0.3 is 15.6 Å². The predicted octanol–water partition coefficient (Wildman–Crippen LogP) is 3.22. The normalized spacial score (nSPS) is 17.6. The summed E-state index contributed by atoms with van der Waals surface area (Å²) >= 11 is 0. The fraction of sp³-hybridized carbons (Fsp3) is 0.393. The van der Waals surface area contributed by atoms with Crippen LogP contribution in [0.2, 0.25) is 0 Å². The molecule has 0 spiro atoms. The molecule has 38 heavy (non-hydrogen) atoms. The van der Waals surface area contributed by atoms with E-state index in [0.29, 0.717) is 18.2 Å². The number of carbonyl (C=O) groups excluding carboxylic acids is 3. The first kappa shape index (κ1) is 26.8. The molecule has 2 aromatic heterocycles. The molecule has 3 atom stereocenters. The van der Waals surface area contributed by atoms with E-state index in [9.17, 15) is 14.4 Å². The number of anilines is 2. The molecule has 1 unspecified atom stereocenters. The largest absolute Gasteiger partial charge is 0.384 e. The summed E-state index contributed by atoms with van der Waals surface area (Å²) in [5.74, 6) is -0.779. The number of β-lactam (4-membered cyclic amide) rings is 1. The maximum Gasteiger partial charge on any atom is 0.325 e. The number of carbonyl (C=O) groups is 3. The monoisotopic (exact) mass is 517 g/mol. The van der Waals surface area contributed by atoms with E-state index in [4.69, 9.17) is 5.73 Å². The predicted molar refractivity (Wildman–Crippen MR) is 145 cm³/mol. The number of hydrogen-bond donors (Lipinski definition) is 2. The molecule has 200 valence electrons. The van der Waals surface area contributed by atoms with Gasteiger partial charge in [-0.3, -0.25) is 19.4 Å². The Kier molecular flexibility index (Phi) is 7.52. The average molecular weight is 518 g/mol. The number of imide groups is 1. The Morgan fingerprint density at radius 1 is 1.13 bits per heavy atom. The maximum absolute atomic E-state index is 13.7. The van der Waals surface area contributed by atoms with Crippen LogP contribution in [0.15, 0.2) is 42.9 Å². The first-order chi connectivity index (χ1) is 18.0. The molecule has 1 fully saturated rings. The number of hydrogen-bond acceptors (Lipinski definition) is 6. The third kappa shape index (κ3) is 4.85. The highest BCUT2D eigenvalue weighted by atomic mass is 16.2. The van der Waals surface area contributed by atoms with Crippen LogP contribution in [0.25, 0.3) is 0 Å². The zero-order chi connectivity index (χ0) is 27.7. The van der Waals surface area contributed by atoms with Crippen molar-refractivity contribution < 1.29 is 14.4 Å². The molecule has 10 nitrogen and oxygen atoms in total. The van der Waals surface area contributed by atoms with Crippen LogP contribution in [0.1, 0.15) is 47.2 Å². The van der Waals surface area contributed by atoms with Crippen molar-refractivity contribution in [2.24, 2.45) is 13.0 Å². The molecule has 4 amide bonds. The second kappa shape index (κ2) is 10.6. The maximum atomic E-state index is 13.7. The number of nitrogens with two attached hydrogens (primary N) is 1. The quantitative estimate of drug-likeness (QED) is 0.464. The Morgan fingerprint density at radius 2 is 1.87 bits per heavy atom. The minimum absolute atomic E-state index is 0.258. The molecule has 0 radical (unpaired) electrons. The van der Waals surface area contributed by atoms with E-state index in [-0.39, 0.29) is 12.5 Å². The lowest BCUT2D eigenvalue weighted by Crippen LogP contribution is -2.70. The fourth-order valence-corrected chi connectivity index (χ4v) is 5.08. The van der Waals surface area contributed by atoms with Crippen molar-refractivity contribution in [1.82, 2.24) is 24.8 Å². The van der Waals surface area contributed by atoms with E-state index in [2.05, 4.69) is 29.1 Å². The van der Waals surface area contributed by atoms with E-state index in [1.807, 2.05) is 26.0 Å². The summed E-state index contributed by atoms with van der Waals surface area (Å²) < 4.78 is 1.71. The Bertz CT molecular complexity index is 1380. The number of likely N-dealkylation sites (tertiary alicyclic amines) is 1. The summed E-state index contributed by atoms with van der Waals surface area (Å²) in [5, 5.41) is 3.01. The summed E-state index contributed by atoms with van der Waals surface area (Å²) in [6, 6.07) is 5.59. The van der Waals surface area contributed by atoms with Gasteiger partial charge in [0, 0.05) is 32.7 Å². The van der Waals surface area contributed by atoms with Gasteiger partial charge >= 0.3 is 6.03 Å². The number of aryl methyl sites for hydroxylation is 2. The third-order valence-electron chi connectivity index (χ3n) is 7.59. The number of urea groups is 1. The second-order valence-electron chi connectivity index (χ2n) is 9.92. The molecule has 0 saturated carbocycles. The number of likely N-dealkylation sites (N-methyl/N-ethyl adjacent to an activating group) is 1. The molecule has 1 aromatic carbocycles. The molecular formula is C28H35N7O3. The first-order valence-corrected chi connectivity index (χ1v) is 12.7. The topological polar surface area (TPSA) is 126 Å². The van der Waals surface area contributed by atoms with Crippen molar-refractivity contribution in [2.75, 3.05) is 17.7 Å². The van der Waals surface area contributed by atoms with E-state index in [1.54, 1.807) is 49.4 Å². The third-order valence-corrected chi connectivity index (χ3v) is 7.59. The smallest absolute Gasteiger partial charge is 0.325 e. The van der Waals surface area contributed by atoms with Crippen LogP contribution < -0.4 is 16.0 Å². The summed E-state index contributed by atoms with van der Waals surface area (Å²) in [4.78, 5) is 51.4. The molecule has 3 heterocycles. The number of benzene rings is 1. The summed E-state index contributed by atoms with van der Waals surface area (Å²) in [6.07, 6.45) is 5.76. The minimum atomic E-state index is -0.989. The molecular weight excluding hydrogens is 482 g/mol. The van der Waals surface area contributed by atoms with Gasteiger partial charge in [0.25, 0.3) is 5.91 Å². The van der Waals surface area contributed by atoms with Gasteiger partial charge in [-0.15, -0.1) is 0 Å². The fourth-order valence-electron chi connectivity index (χ4n) is 5.08. The molecule has 3 N–H and O–H groups in total. The van der Waals surface area contributed by atoms with Crippen molar-refractivity contribution >= 4 is 29.6 Å². The number of nitrogen functional groups attached to an aromatic ring is 1. The highest BCUT2D eigenvalue weighted by molar-refractivity contribution is 6.12. The SMILES string of the molecule is CCC(NC(=O)N1C(=O)[C@H](Cc2ccnc(N)c2)[C@H]1C(=O)N(C)c1nccn1C)c1ccc(C)c(C)c1C. The standard InChI is InChI=1S/C28H35N7O3/c1-7-22(20-9-8-16(2)17(3)18(20)4)32-28(38)35-24(26(37)34(6)27-31-12-13-33(27)5)21(25(35)36)14-19-10-11-30-23(29)15-19/h8-13,15,21-22,24H,7,14H2,1-6H3,(H2,29,30)(H,32,38)/t21-,22?,24+/m1/s1. The van der Waals surface area contributed by atoms with Crippen molar-refractivity contribution in [3.63, 3.8) is 0 Å². The molecule has 1 aliphatic heterocycles. The number of amides is 4. The summed E-state index contributed by atoms with van der Waals surface area (Å²) in [6.45, 7) is 8.12. The highest BCUT2D eigenvalue weighted by Gasteiger charge is 2.55. The summed E-state index contributed by atoms with van der Waals surface area (Å²) in [5.41, 5.74) is 11.0. The van der Waals surface area contributed by atoms with Gasteiger partial charge in [0.15, 0.2) is 0 Å². The van der Waals surface area contributed by atoms with Gasteiger partial charge in [0.1, 0.15) is 11.9 Å². The lowest BCUT2D eigenvalue weighted by atomic mass is 9.81. The van der Waals surface area contributed by atoms with Crippen LogP contribution in [0, 0.1) is 26.7 Å². The molecule has 4 rings (SSSR count). The van der Waals surface area contributed by atoms with Crippen LogP contribution >= 0.6 is 0 Å². The van der Waals surface area contributed by atoms with Gasteiger partial charge in [0.05, 0.1) is 12.0 Å². The number of aromatic nitrogens is 3. The molecule has 10 heteroatoms. The van der Waals surface area contributed by atoms with Gasteiger partial charge in [0.2, 0.25) is 11.9 Å². The van der Waals surface area contributed by atoms with E-state index in [0.717, 1.165) is 27.2 Å². The number of nitrogens with zero attached hydrogens (tertiary/aromatic N) is 5. The van der Waals surface area contributed by atoms with Crippen LogP contribution in [-0.2, 0) is 23.1 Å². The zero-order valence-corrected chi connectivity index (χ0v) is 22.7. The van der Waals surface area contributed by atoms with Crippen LogP contribution in [0.5, 0.6) is 0 Å². The van der Waals surface area contributed by atoms with Crippen LogP contribution in [0.4, 0.5) is 16.6 Å². The lowest BCUT2D eigenvalue weighted by molar-refractivity contribution is -0.156. The van der Waals surface area contributed by atoms with E-state index in [1.165, 1.54) is 10.5 Å². The van der Waals surface area contributed by atoms with Crippen molar-refractivity contribution in [1.29, 1.82) is 0 Å². The zero-order valence-electron chi connectivity index (χ0n) is 22.7. The number of nitrogens with one attached hydrogen (secondary N) is 1. The number of pyridine rings is 1. The van der Waals surface area contributed by atoms with Crippen LogP contribution in [-0.4, -0.2) is 50.4 Å². The van der Waals surface area contributed by atoms with Gasteiger partial charge in [-0.25, -0.2) is 14.8 Å². The summed E-state index contributed by atoms with van der Waals surface area (Å²) in [7, 11) is 3.37. The molecule has 3 aromatic rings. The second-order valence-corrected chi connectivity index (χ2v) is 9.92. The van der Waals surface area contributed by atoms with Crippen molar-refractivity contribution in [3.05, 3.63) is 70.7 Å². The molecule has 0 aliphatic carbocycles. The number of imidazole rings is 1. The number of rotatable bonds is 7. The Labute approximate surface area is 222 Å². The Hall–Kier alpha value is -4.21. The molecule has 1 aliphatic rings. The van der Waals surface area contributed by atoms with E-state index >= 15 is 0 Å². The lowest BCUT2D eigenvalue weighted by Gasteiger charge is -2.45. The highest BCUT2D eigenvalue weighted by Crippen LogP contribution is 2.34. The molecule has 0 bridgehead atoms.